The number of carboxylic acid groups (broad SMARTS) is 1. The Morgan fingerprint density at radius 1 is 1.15 bits per heavy atom. The number of aliphatic hydroxyl groups excluding tert-OH is 1. The molecule has 0 aromatic carbocycles. The van der Waals surface area contributed by atoms with Crippen LogP contribution in [-0.4, -0.2) is 34.0 Å². The Hall–Kier alpha value is -1.04. The van der Waals surface area contributed by atoms with Crippen molar-refractivity contribution < 1.29 is 28.6 Å². The second-order valence-corrected chi connectivity index (χ2v) is 8.47. The van der Waals surface area contributed by atoms with Crippen LogP contribution in [0.5, 0.6) is 0 Å². The van der Waals surface area contributed by atoms with E-state index >= 15 is 0 Å². The molecule has 27 heavy (non-hydrogen) atoms. The maximum absolute atomic E-state index is 14.5. The summed E-state index contributed by atoms with van der Waals surface area (Å²) >= 11 is 0. The van der Waals surface area contributed by atoms with Crippen LogP contribution in [0.15, 0.2) is 0 Å². The predicted octanol–water partition coefficient (Wildman–Crippen LogP) is 4.97. The van der Waals surface area contributed by atoms with Crippen molar-refractivity contribution in [3.63, 3.8) is 0 Å². The number of carboxylic acids is 1. The van der Waals surface area contributed by atoms with Crippen LogP contribution in [0, 0.1) is 17.3 Å². The molecule has 2 N–H and O–H groups in total. The molecule has 2 fully saturated rings. The van der Waals surface area contributed by atoms with E-state index < -0.39 is 35.2 Å². The molecule has 6 heteroatoms. The molecule has 156 valence electrons. The summed E-state index contributed by atoms with van der Waals surface area (Å²) in [6.07, 6.45) is 6.99. The fourth-order valence-corrected chi connectivity index (χ4v) is 5.06. The number of carbonyl (C=O) groups is 2. The van der Waals surface area contributed by atoms with Crippen molar-refractivity contribution in [2.45, 2.75) is 102 Å². The second kappa shape index (κ2) is 9.44. The van der Waals surface area contributed by atoms with Crippen LogP contribution in [0.25, 0.3) is 0 Å². The average molecular weight is 388 g/mol. The van der Waals surface area contributed by atoms with Crippen molar-refractivity contribution >= 4 is 11.8 Å². The zero-order valence-electron chi connectivity index (χ0n) is 16.4. The average Bonchev–Trinajstić information content (AvgIpc) is 2.90. The van der Waals surface area contributed by atoms with Crippen LogP contribution in [0.2, 0.25) is 0 Å². The molecule has 0 unspecified atom stereocenters. The Bertz CT molecular complexity index is 522. The molecule has 0 aromatic heterocycles. The van der Waals surface area contributed by atoms with Gasteiger partial charge in [0.15, 0.2) is 0 Å². The number of hydrogen-bond donors (Lipinski definition) is 2. The van der Waals surface area contributed by atoms with Gasteiger partial charge in [-0.3, -0.25) is 9.59 Å². The molecule has 0 spiro atoms. The maximum Gasteiger partial charge on any atom is 0.303 e. The molecule has 4 atom stereocenters. The number of Topliss-reactive ketones (excluding diaryl/α,β-unsaturated/α-hetero) is 1. The zero-order valence-corrected chi connectivity index (χ0v) is 16.4. The quantitative estimate of drug-likeness (QED) is 0.412. The lowest BCUT2D eigenvalue weighted by Crippen LogP contribution is -2.29. The summed E-state index contributed by atoms with van der Waals surface area (Å²) in [6.45, 7) is 2.08. The van der Waals surface area contributed by atoms with Crippen LogP contribution in [0.1, 0.15) is 90.4 Å². The van der Waals surface area contributed by atoms with E-state index in [4.69, 9.17) is 5.11 Å². The van der Waals surface area contributed by atoms with Crippen molar-refractivity contribution in [3.8, 4) is 0 Å². The van der Waals surface area contributed by atoms with E-state index in [1.165, 1.54) is 0 Å². The van der Waals surface area contributed by atoms with Gasteiger partial charge < -0.3 is 10.2 Å². The Kier molecular flexibility index (Phi) is 7.78. The normalized spacial score (nSPS) is 29.6. The van der Waals surface area contributed by atoms with Gasteiger partial charge in [-0.05, 0) is 32.1 Å². The van der Waals surface area contributed by atoms with Crippen LogP contribution in [0.4, 0.5) is 8.78 Å². The van der Waals surface area contributed by atoms with Crippen molar-refractivity contribution in [2.24, 2.45) is 17.3 Å². The van der Waals surface area contributed by atoms with Gasteiger partial charge in [-0.2, -0.15) is 0 Å². The van der Waals surface area contributed by atoms with Gasteiger partial charge in [0.05, 0.1) is 11.5 Å². The minimum absolute atomic E-state index is 0.0252. The van der Waals surface area contributed by atoms with Gasteiger partial charge >= 0.3 is 5.97 Å². The highest BCUT2D eigenvalue weighted by Crippen LogP contribution is 2.77. The van der Waals surface area contributed by atoms with Gasteiger partial charge in [0, 0.05) is 24.7 Å². The number of unbranched alkanes of at least 4 members (excludes halogenated alkanes) is 5. The summed E-state index contributed by atoms with van der Waals surface area (Å²) in [4.78, 5) is 22.8. The number of rotatable bonds is 14. The zero-order chi connectivity index (χ0) is 20.1. The lowest BCUT2D eigenvalue weighted by atomic mass is 9.80. The van der Waals surface area contributed by atoms with E-state index in [9.17, 15) is 23.5 Å². The number of carbonyl (C=O) groups excluding carboxylic acids is 1. The van der Waals surface area contributed by atoms with Gasteiger partial charge in [-0.1, -0.05) is 45.4 Å². The fraction of sp³-hybridized carbons (Fsp3) is 0.905. The van der Waals surface area contributed by atoms with Gasteiger partial charge in [0.1, 0.15) is 5.78 Å². The minimum Gasteiger partial charge on any atom is -0.481 e. The molecule has 2 saturated carbocycles. The molecular weight excluding hydrogens is 354 g/mol. The number of alkyl halides is 2. The summed E-state index contributed by atoms with van der Waals surface area (Å²) in [5, 5.41) is 18.8. The topological polar surface area (TPSA) is 74.6 Å². The van der Waals surface area contributed by atoms with Crippen LogP contribution in [-0.2, 0) is 9.59 Å². The van der Waals surface area contributed by atoms with E-state index in [0.29, 0.717) is 32.1 Å². The Labute approximate surface area is 160 Å². The number of halogens is 2. The fourth-order valence-electron chi connectivity index (χ4n) is 5.06. The standard InChI is InChI=1S/C21H34F2O4/c1-2-3-6-9-15(24)12-13-20-16(10-7-4-5-8-11-19(26)27)17(25)14-18(20)21(20,22)23/h15-16,18,24H,2-14H2,1H3,(H,26,27)/t15-,16-,18+,20-/m1/s1. The lowest BCUT2D eigenvalue weighted by molar-refractivity contribution is -0.137. The van der Waals surface area contributed by atoms with Crippen LogP contribution >= 0.6 is 0 Å². The van der Waals surface area contributed by atoms with Crippen LogP contribution in [0.3, 0.4) is 0 Å². The smallest absolute Gasteiger partial charge is 0.303 e. The SMILES string of the molecule is CCCCC[C@@H](O)CC[C@@]12[C@H](CCCCCCC(=O)O)C(=O)C[C@@H]1C2(F)F. The monoisotopic (exact) mass is 388 g/mol. The summed E-state index contributed by atoms with van der Waals surface area (Å²) < 4.78 is 29.0. The van der Waals surface area contributed by atoms with E-state index in [0.717, 1.165) is 32.1 Å². The van der Waals surface area contributed by atoms with Crippen LogP contribution < -0.4 is 0 Å². The first-order valence-corrected chi connectivity index (χ1v) is 10.6. The summed E-state index contributed by atoms with van der Waals surface area (Å²) in [5.74, 6) is -5.08. The number of hydrogen-bond acceptors (Lipinski definition) is 3. The molecule has 2 rings (SSSR count). The second-order valence-electron chi connectivity index (χ2n) is 8.47. The summed E-state index contributed by atoms with van der Waals surface area (Å²) in [5.41, 5.74) is -1.23. The Morgan fingerprint density at radius 2 is 1.85 bits per heavy atom. The number of ketones is 1. The van der Waals surface area contributed by atoms with Crippen molar-refractivity contribution in [2.75, 3.05) is 0 Å². The van der Waals surface area contributed by atoms with Crippen molar-refractivity contribution in [3.05, 3.63) is 0 Å². The first kappa shape index (κ1) is 22.3. The molecule has 0 aromatic rings. The van der Waals surface area contributed by atoms with Crippen molar-refractivity contribution in [1.29, 1.82) is 0 Å². The summed E-state index contributed by atoms with van der Waals surface area (Å²) in [6, 6.07) is 0. The van der Waals surface area contributed by atoms with Gasteiger partial charge in [-0.25, -0.2) is 8.78 Å². The van der Waals surface area contributed by atoms with E-state index in [2.05, 4.69) is 6.92 Å². The molecule has 0 saturated heterocycles. The van der Waals surface area contributed by atoms with Gasteiger partial charge in [0.25, 0.3) is 5.92 Å². The van der Waals surface area contributed by atoms with E-state index in [-0.39, 0.29) is 25.0 Å². The van der Waals surface area contributed by atoms with E-state index in [1.807, 2.05) is 0 Å². The number of aliphatic hydroxyl groups is 1. The highest BCUT2D eigenvalue weighted by atomic mass is 19.3. The number of fused-ring (bicyclic) bond motifs is 1. The third kappa shape index (κ3) is 4.87. The molecule has 0 heterocycles. The van der Waals surface area contributed by atoms with Crippen molar-refractivity contribution in [1.82, 2.24) is 0 Å². The molecule has 0 amide bonds. The van der Waals surface area contributed by atoms with E-state index in [1.54, 1.807) is 0 Å². The molecule has 0 radical (unpaired) electrons. The third-order valence-corrected chi connectivity index (χ3v) is 6.68. The predicted molar refractivity (Wildman–Crippen MR) is 98.7 cm³/mol. The lowest BCUT2D eigenvalue weighted by Gasteiger charge is -2.25. The third-order valence-electron chi connectivity index (χ3n) is 6.68. The molecule has 2 aliphatic carbocycles. The first-order valence-electron chi connectivity index (χ1n) is 10.6. The Balaban J connectivity index is 1.83. The van der Waals surface area contributed by atoms with Gasteiger partial charge in [0.2, 0.25) is 0 Å². The molecule has 4 nitrogen and oxygen atoms in total. The highest BCUT2D eigenvalue weighted by Gasteiger charge is 2.86. The largest absolute Gasteiger partial charge is 0.481 e. The summed E-state index contributed by atoms with van der Waals surface area (Å²) in [7, 11) is 0. The first-order chi connectivity index (χ1) is 12.8. The molecular formula is C21H34F2O4. The maximum atomic E-state index is 14.5. The highest BCUT2D eigenvalue weighted by molar-refractivity contribution is 5.87. The van der Waals surface area contributed by atoms with Gasteiger partial charge in [-0.15, -0.1) is 0 Å². The Morgan fingerprint density at radius 3 is 2.52 bits per heavy atom. The minimum atomic E-state index is -2.78. The molecule has 0 bridgehead atoms. The molecule has 2 aliphatic rings. The number of aliphatic carboxylic acids is 1. The molecule has 0 aliphatic heterocycles.